The lowest BCUT2D eigenvalue weighted by atomic mass is 10.1. The molecule has 0 unspecified atom stereocenters. The number of rotatable bonds is 7. The molecule has 3 aromatic rings. The van der Waals surface area contributed by atoms with Crippen LogP contribution in [0.15, 0.2) is 42.5 Å². The Morgan fingerprint density at radius 1 is 1.00 bits per heavy atom. The summed E-state index contributed by atoms with van der Waals surface area (Å²) in [5, 5.41) is 5.28. The quantitative estimate of drug-likeness (QED) is 0.643. The molecule has 0 saturated heterocycles. The van der Waals surface area contributed by atoms with Crippen LogP contribution < -0.4 is 11.1 Å². The zero-order valence-electron chi connectivity index (χ0n) is 14.4. The fourth-order valence-electron chi connectivity index (χ4n) is 3.28. The number of aromatic nitrogens is 1. The highest BCUT2D eigenvalue weighted by Crippen LogP contribution is 2.31. The number of aryl methyl sites for hydroxylation is 1. The second kappa shape index (κ2) is 7.38. The average molecular weight is 337 g/mol. The molecule has 1 heterocycles. The monoisotopic (exact) mass is 337 g/mol. The number of primary amides is 1. The van der Waals surface area contributed by atoms with E-state index in [1.807, 2.05) is 24.3 Å². The number of hydrogen-bond acceptors (Lipinski definition) is 2. The van der Waals surface area contributed by atoms with Crippen molar-refractivity contribution < 1.29 is 9.59 Å². The predicted octanol–water partition coefficient (Wildman–Crippen LogP) is 3.80. The second-order valence-electron chi connectivity index (χ2n) is 6.21. The van der Waals surface area contributed by atoms with Crippen LogP contribution in [0.2, 0.25) is 0 Å². The van der Waals surface area contributed by atoms with Gasteiger partial charge in [0.25, 0.3) is 0 Å². The summed E-state index contributed by atoms with van der Waals surface area (Å²) in [6.45, 7) is 3.03. The summed E-state index contributed by atoms with van der Waals surface area (Å²) >= 11 is 0. The van der Waals surface area contributed by atoms with Gasteiger partial charge in [-0.25, -0.2) is 0 Å². The molecule has 0 spiro atoms. The van der Waals surface area contributed by atoms with Crippen molar-refractivity contribution in [3.63, 3.8) is 0 Å². The largest absolute Gasteiger partial charge is 0.370 e. The van der Waals surface area contributed by atoms with Crippen molar-refractivity contribution in [2.45, 2.75) is 39.2 Å². The van der Waals surface area contributed by atoms with Gasteiger partial charge in [-0.2, -0.15) is 0 Å². The molecule has 2 aromatic carbocycles. The van der Waals surface area contributed by atoms with E-state index in [-0.39, 0.29) is 11.8 Å². The first-order chi connectivity index (χ1) is 12.1. The highest BCUT2D eigenvalue weighted by Gasteiger charge is 2.10. The average Bonchev–Trinajstić information content (AvgIpc) is 2.92. The van der Waals surface area contributed by atoms with Crippen LogP contribution in [0.25, 0.3) is 21.8 Å². The minimum atomic E-state index is -0.321. The van der Waals surface area contributed by atoms with Gasteiger partial charge < -0.3 is 15.6 Å². The lowest BCUT2D eigenvalue weighted by Gasteiger charge is -2.06. The molecule has 3 rings (SSSR count). The highest BCUT2D eigenvalue weighted by molar-refractivity contribution is 6.09. The van der Waals surface area contributed by atoms with E-state index in [2.05, 4.69) is 35.0 Å². The number of benzene rings is 2. The molecular weight excluding hydrogens is 314 g/mol. The van der Waals surface area contributed by atoms with Gasteiger partial charge in [0.05, 0.1) is 0 Å². The van der Waals surface area contributed by atoms with E-state index in [0.29, 0.717) is 25.7 Å². The number of anilines is 1. The molecule has 0 fully saturated rings. The van der Waals surface area contributed by atoms with Gasteiger partial charge >= 0.3 is 0 Å². The Hall–Kier alpha value is -2.82. The van der Waals surface area contributed by atoms with E-state index < -0.39 is 0 Å². The third-order valence-electron chi connectivity index (χ3n) is 4.45. The van der Waals surface area contributed by atoms with Gasteiger partial charge in [0, 0.05) is 46.9 Å². The van der Waals surface area contributed by atoms with Crippen molar-refractivity contribution in [3.8, 4) is 0 Å². The van der Waals surface area contributed by atoms with E-state index >= 15 is 0 Å². The molecule has 0 bridgehead atoms. The van der Waals surface area contributed by atoms with Crippen LogP contribution in [-0.2, 0) is 16.1 Å². The molecule has 5 heteroatoms. The van der Waals surface area contributed by atoms with Gasteiger partial charge in [0.15, 0.2) is 0 Å². The van der Waals surface area contributed by atoms with E-state index in [9.17, 15) is 9.59 Å². The Bertz CT molecular complexity index is 927. The van der Waals surface area contributed by atoms with E-state index in [4.69, 9.17) is 5.73 Å². The lowest BCUT2D eigenvalue weighted by Crippen LogP contribution is -2.13. The molecule has 0 aliphatic heterocycles. The highest BCUT2D eigenvalue weighted by atomic mass is 16.1. The third kappa shape index (κ3) is 3.65. The summed E-state index contributed by atoms with van der Waals surface area (Å²) in [6.07, 6.45) is 2.02. The summed E-state index contributed by atoms with van der Waals surface area (Å²) in [5.41, 5.74) is 8.27. The smallest absolute Gasteiger partial charge is 0.224 e. The van der Waals surface area contributed by atoms with E-state index in [1.165, 1.54) is 16.4 Å². The topological polar surface area (TPSA) is 77.1 Å². The minimum Gasteiger partial charge on any atom is -0.370 e. The number of carbonyl (C=O) groups excluding carboxylic acids is 2. The Morgan fingerprint density at radius 3 is 2.48 bits per heavy atom. The Kier molecular flexibility index (Phi) is 5.03. The summed E-state index contributed by atoms with van der Waals surface area (Å²) in [5.74, 6) is -0.360. The molecule has 0 radical (unpaired) electrons. The fourth-order valence-corrected chi connectivity index (χ4v) is 3.28. The van der Waals surface area contributed by atoms with E-state index in [0.717, 1.165) is 17.6 Å². The zero-order valence-corrected chi connectivity index (χ0v) is 14.4. The first-order valence-electron chi connectivity index (χ1n) is 8.69. The van der Waals surface area contributed by atoms with Crippen LogP contribution in [-0.4, -0.2) is 16.4 Å². The summed E-state index contributed by atoms with van der Waals surface area (Å²) in [7, 11) is 0. The van der Waals surface area contributed by atoms with Crippen LogP contribution in [0.1, 0.15) is 32.6 Å². The maximum Gasteiger partial charge on any atom is 0.224 e. The third-order valence-corrected chi connectivity index (χ3v) is 4.45. The van der Waals surface area contributed by atoms with Crippen LogP contribution in [0.3, 0.4) is 0 Å². The SMILES string of the molecule is CCn1c2ccccc2c2cc(NC(=O)CCCCC(N)=O)ccc21. The lowest BCUT2D eigenvalue weighted by molar-refractivity contribution is -0.119. The van der Waals surface area contributed by atoms with E-state index in [1.54, 1.807) is 0 Å². The van der Waals surface area contributed by atoms with Crippen molar-refractivity contribution in [2.75, 3.05) is 5.32 Å². The molecule has 0 saturated carbocycles. The summed E-state index contributed by atoms with van der Waals surface area (Å²) < 4.78 is 2.28. The number of nitrogens with zero attached hydrogens (tertiary/aromatic N) is 1. The molecule has 1 aromatic heterocycles. The van der Waals surface area contributed by atoms with Gasteiger partial charge in [-0.1, -0.05) is 18.2 Å². The van der Waals surface area contributed by atoms with Crippen molar-refractivity contribution in [1.29, 1.82) is 0 Å². The first kappa shape index (κ1) is 17.0. The molecular formula is C20H23N3O2. The fraction of sp³-hybridized carbons (Fsp3) is 0.300. The van der Waals surface area contributed by atoms with Crippen molar-refractivity contribution in [2.24, 2.45) is 5.73 Å². The maximum absolute atomic E-state index is 12.1. The van der Waals surface area contributed by atoms with Gasteiger partial charge in [0.1, 0.15) is 0 Å². The molecule has 0 aliphatic carbocycles. The minimum absolute atomic E-state index is 0.0388. The number of fused-ring (bicyclic) bond motifs is 3. The molecule has 3 N–H and O–H groups in total. The molecule has 0 aliphatic rings. The summed E-state index contributed by atoms with van der Waals surface area (Å²) in [6, 6.07) is 14.3. The standard InChI is InChI=1S/C20H23N3O2/c1-2-23-17-8-4-3-7-15(17)16-13-14(11-12-18(16)23)22-20(25)10-6-5-9-19(21)24/h3-4,7-8,11-13H,2,5-6,9-10H2,1H3,(H2,21,24)(H,22,25). The zero-order chi connectivity index (χ0) is 17.8. The van der Waals surface area contributed by atoms with Crippen molar-refractivity contribution in [3.05, 3.63) is 42.5 Å². The van der Waals surface area contributed by atoms with Gasteiger partial charge in [-0.05, 0) is 44.0 Å². The predicted molar refractivity (Wildman–Crippen MR) is 101 cm³/mol. The molecule has 25 heavy (non-hydrogen) atoms. The first-order valence-corrected chi connectivity index (χ1v) is 8.69. The van der Waals surface area contributed by atoms with Gasteiger partial charge in [0.2, 0.25) is 11.8 Å². The Morgan fingerprint density at radius 2 is 1.72 bits per heavy atom. The molecule has 2 amide bonds. The molecule has 130 valence electrons. The number of nitrogens with two attached hydrogens (primary N) is 1. The maximum atomic E-state index is 12.1. The van der Waals surface area contributed by atoms with Gasteiger partial charge in [-0.3, -0.25) is 9.59 Å². The van der Waals surface area contributed by atoms with Crippen molar-refractivity contribution >= 4 is 39.3 Å². The second-order valence-corrected chi connectivity index (χ2v) is 6.21. The van der Waals surface area contributed by atoms with Gasteiger partial charge in [-0.15, -0.1) is 0 Å². The van der Waals surface area contributed by atoms with Crippen LogP contribution in [0, 0.1) is 0 Å². The number of nitrogens with one attached hydrogen (secondary N) is 1. The number of para-hydroxylation sites is 1. The summed E-state index contributed by atoms with van der Waals surface area (Å²) in [4.78, 5) is 22.8. The number of hydrogen-bond donors (Lipinski definition) is 2. The normalized spacial score (nSPS) is 11.1. The number of unbranched alkanes of at least 4 members (excludes halogenated alkanes) is 1. The van der Waals surface area contributed by atoms with Crippen LogP contribution >= 0.6 is 0 Å². The number of amides is 2. The van der Waals surface area contributed by atoms with Crippen LogP contribution in [0.5, 0.6) is 0 Å². The van der Waals surface area contributed by atoms with Crippen LogP contribution in [0.4, 0.5) is 5.69 Å². The molecule has 0 atom stereocenters. The Labute approximate surface area is 146 Å². The van der Waals surface area contributed by atoms with Crippen molar-refractivity contribution in [1.82, 2.24) is 4.57 Å². The number of carbonyl (C=O) groups is 2. The Balaban J connectivity index is 1.78. The molecule has 5 nitrogen and oxygen atoms in total.